The molecule has 0 aromatic rings. The van der Waals surface area contributed by atoms with Gasteiger partial charge < -0.3 is 20.1 Å². The summed E-state index contributed by atoms with van der Waals surface area (Å²) in [6.45, 7) is 1.49. The fourth-order valence-electron chi connectivity index (χ4n) is 0.671. The van der Waals surface area contributed by atoms with Gasteiger partial charge in [-0.1, -0.05) is 6.08 Å². The van der Waals surface area contributed by atoms with E-state index in [1.807, 2.05) is 0 Å². The number of carbonyl (C=O) groups is 4. The van der Waals surface area contributed by atoms with Gasteiger partial charge in [-0.15, -0.1) is 0 Å². The molecule has 0 spiro atoms. The second kappa shape index (κ2) is 10.5. The number of methoxy groups -OCH3 is 1. The van der Waals surface area contributed by atoms with Gasteiger partial charge in [0.15, 0.2) is 0 Å². The summed E-state index contributed by atoms with van der Waals surface area (Å²) in [5.41, 5.74) is -0.0903. The molecule has 0 aromatic carbocycles. The summed E-state index contributed by atoms with van der Waals surface area (Å²) in [6.07, 6.45) is 2.40. The van der Waals surface area contributed by atoms with E-state index in [9.17, 15) is 19.2 Å². The molecule has 0 fully saturated rings. The van der Waals surface area contributed by atoms with Crippen molar-refractivity contribution in [1.29, 1.82) is 0 Å². The van der Waals surface area contributed by atoms with E-state index < -0.39 is 30.3 Å². The Bertz CT molecular complexity index is 405. The molecule has 0 amide bonds. The lowest BCUT2D eigenvalue weighted by molar-refractivity contribution is -0.139. The van der Waals surface area contributed by atoms with Crippen LogP contribution in [-0.2, 0) is 23.9 Å². The minimum atomic E-state index is -1.18. The van der Waals surface area contributed by atoms with Gasteiger partial charge in [-0.2, -0.15) is 0 Å². The molecule has 0 aliphatic carbocycles. The number of carboxylic acids is 3. The van der Waals surface area contributed by atoms with Crippen molar-refractivity contribution in [3.8, 4) is 0 Å². The van der Waals surface area contributed by atoms with E-state index in [1.165, 1.54) is 20.1 Å². The molecule has 19 heavy (non-hydrogen) atoms. The van der Waals surface area contributed by atoms with Crippen LogP contribution in [0.4, 0.5) is 0 Å². The highest BCUT2D eigenvalue weighted by atomic mass is 16.5. The third kappa shape index (κ3) is 13.3. The van der Waals surface area contributed by atoms with Crippen molar-refractivity contribution in [2.75, 3.05) is 7.11 Å². The van der Waals surface area contributed by atoms with Gasteiger partial charge in [-0.3, -0.25) is 4.79 Å². The number of aliphatic carboxylic acids is 3. The molecule has 0 bridgehead atoms. The predicted molar refractivity (Wildman–Crippen MR) is 62.4 cm³/mol. The third-order valence-electron chi connectivity index (χ3n) is 1.53. The Balaban J connectivity index is 0. The van der Waals surface area contributed by atoms with Crippen LogP contribution < -0.4 is 0 Å². The van der Waals surface area contributed by atoms with Gasteiger partial charge in [-0.25, -0.2) is 14.4 Å². The van der Waals surface area contributed by atoms with E-state index in [2.05, 4.69) is 4.74 Å². The highest BCUT2D eigenvalue weighted by Gasteiger charge is 2.09. The summed E-state index contributed by atoms with van der Waals surface area (Å²) >= 11 is 0. The van der Waals surface area contributed by atoms with Gasteiger partial charge in [0.25, 0.3) is 0 Å². The minimum absolute atomic E-state index is 0.0903. The van der Waals surface area contributed by atoms with Crippen molar-refractivity contribution in [1.82, 2.24) is 0 Å². The molecule has 0 aliphatic heterocycles. The van der Waals surface area contributed by atoms with Crippen molar-refractivity contribution in [2.45, 2.75) is 13.3 Å². The zero-order valence-electron chi connectivity index (χ0n) is 10.3. The molecule has 0 rings (SSSR count). The van der Waals surface area contributed by atoms with Crippen LogP contribution in [0.1, 0.15) is 13.3 Å². The first kappa shape index (κ1) is 18.7. The molecule has 0 aromatic heterocycles. The fraction of sp³-hybridized carbons (Fsp3) is 0.273. The molecule has 8 nitrogen and oxygen atoms in total. The summed E-state index contributed by atoms with van der Waals surface area (Å²) in [6, 6.07) is 0. The van der Waals surface area contributed by atoms with E-state index >= 15 is 0 Å². The molecule has 0 unspecified atom stereocenters. The molecular formula is C11H14O8. The quantitative estimate of drug-likeness (QED) is 0.480. The maximum absolute atomic E-state index is 10.1. The Hall–Kier alpha value is -2.64. The number of ether oxygens (including phenoxy) is 1. The van der Waals surface area contributed by atoms with E-state index in [0.29, 0.717) is 6.08 Å². The van der Waals surface area contributed by atoms with Crippen LogP contribution in [0.5, 0.6) is 0 Å². The van der Waals surface area contributed by atoms with E-state index in [0.717, 1.165) is 6.08 Å². The van der Waals surface area contributed by atoms with E-state index in [1.54, 1.807) is 0 Å². The highest BCUT2D eigenvalue weighted by molar-refractivity contribution is 5.92. The molecule has 0 saturated carbocycles. The Morgan fingerprint density at radius 3 is 1.79 bits per heavy atom. The first-order chi connectivity index (χ1) is 8.74. The van der Waals surface area contributed by atoms with Crippen molar-refractivity contribution >= 4 is 23.9 Å². The summed E-state index contributed by atoms with van der Waals surface area (Å²) < 4.78 is 4.11. The maximum atomic E-state index is 10.1. The molecule has 0 aliphatic rings. The van der Waals surface area contributed by atoms with Gasteiger partial charge in [0.2, 0.25) is 0 Å². The Morgan fingerprint density at radius 2 is 1.58 bits per heavy atom. The van der Waals surface area contributed by atoms with Gasteiger partial charge in [0, 0.05) is 17.7 Å². The van der Waals surface area contributed by atoms with Crippen molar-refractivity contribution < 1.29 is 39.2 Å². The lowest BCUT2D eigenvalue weighted by atomic mass is 10.2. The summed E-state index contributed by atoms with van der Waals surface area (Å²) in [5.74, 6) is -4.14. The van der Waals surface area contributed by atoms with Crippen molar-refractivity contribution in [3.05, 3.63) is 23.8 Å². The van der Waals surface area contributed by atoms with Crippen LogP contribution in [-0.4, -0.2) is 46.3 Å². The SMILES string of the molecule is CC=C(CC(=O)O)C(=O)O.COC(=O)/C=C/C(=O)O. The van der Waals surface area contributed by atoms with Crippen LogP contribution in [0.2, 0.25) is 0 Å². The highest BCUT2D eigenvalue weighted by Crippen LogP contribution is 1.99. The first-order valence-electron chi connectivity index (χ1n) is 4.83. The van der Waals surface area contributed by atoms with Crippen molar-refractivity contribution in [3.63, 3.8) is 0 Å². The molecule has 8 heteroatoms. The summed E-state index contributed by atoms with van der Waals surface area (Å²) in [4.78, 5) is 40.0. The van der Waals surface area contributed by atoms with Gasteiger partial charge in [0.05, 0.1) is 13.5 Å². The van der Waals surface area contributed by atoms with Crippen LogP contribution in [0, 0.1) is 0 Å². The molecule has 106 valence electrons. The largest absolute Gasteiger partial charge is 0.481 e. The van der Waals surface area contributed by atoms with Crippen molar-refractivity contribution in [2.24, 2.45) is 0 Å². The van der Waals surface area contributed by atoms with Crippen LogP contribution in [0.25, 0.3) is 0 Å². The molecular weight excluding hydrogens is 260 g/mol. The molecule has 0 saturated heterocycles. The lowest BCUT2D eigenvalue weighted by Gasteiger charge is -1.93. The normalized spacial score (nSPS) is 10.3. The monoisotopic (exact) mass is 274 g/mol. The second-order valence-corrected chi connectivity index (χ2v) is 2.88. The Morgan fingerprint density at radius 1 is 1.05 bits per heavy atom. The minimum Gasteiger partial charge on any atom is -0.481 e. The average molecular weight is 274 g/mol. The topological polar surface area (TPSA) is 138 Å². The Kier molecular flexibility index (Phi) is 10.4. The molecule has 0 radical (unpaired) electrons. The molecule has 3 N–H and O–H groups in total. The number of carboxylic acid groups (broad SMARTS) is 3. The zero-order valence-corrected chi connectivity index (χ0v) is 10.3. The number of rotatable bonds is 5. The van der Waals surface area contributed by atoms with E-state index in [4.69, 9.17) is 15.3 Å². The van der Waals surface area contributed by atoms with Gasteiger partial charge in [-0.05, 0) is 6.92 Å². The van der Waals surface area contributed by atoms with E-state index in [-0.39, 0.29) is 5.57 Å². The summed E-state index contributed by atoms with van der Waals surface area (Å²) in [5, 5.41) is 24.4. The number of hydrogen-bond donors (Lipinski definition) is 3. The average Bonchev–Trinajstić information content (AvgIpc) is 2.33. The number of allylic oxidation sites excluding steroid dienone is 1. The first-order valence-corrected chi connectivity index (χ1v) is 4.83. The number of hydrogen-bond acceptors (Lipinski definition) is 5. The predicted octanol–water partition coefficient (Wildman–Crippen LogP) is 0.292. The standard InChI is InChI=1S/C6H8O4.C5H6O4/c1-2-4(6(9)10)3-5(7)8;1-9-5(8)3-2-4(6)7/h2H,3H2,1H3,(H,7,8)(H,9,10);2-3H,1H3,(H,6,7)/b;3-2+. The smallest absolute Gasteiger partial charge is 0.331 e. The second-order valence-electron chi connectivity index (χ2n) is 2.88. The van der Waals surface area contributed by atoms with Crippen LogP contribution in [0.15, 0.2) is 23.8 Å². The van der Waals surface area contributed by atoms with Gasteiger partial charge >= 0.3 is 23.9 Å². The van der Waals surface area contributed by atoms with Crippen LogP contribution in [0.3, 0.4) is 0 Å². The molecule has 0 atom stereocenters. The Labute approximate surface area is 108 Å². The lowest BCUT2D eigenvalue weighted by Crippen LogP contribution is -2.05. The van der Waals surface area contributed by atoms with Crippen LogP contribution >= 0.6 is 0 Å². The van der Waals surface area contributed by atoms with Gasteiger partial charge in [0.1, 0.15) is 0 Å². The molecule has 0 heterocycles. The number of carbonyl (C=O) groups excluding carboxylic acids is 1. The third-order valence-corrected chi connectivity index (χ3v) is 1.53. The summed E-state index contributed by atoms with van der Waals surface area (Å²) in [7, 11) is 1.18. The fourth-order valence-corrected chi connectivity index (χ4v) is 0.671. The zero-order chi connectivity index (χ0) is 15.4. The number of esters is 1. The maximum Gasteiger partial charge on any atom is 0.331 e.